The van der Waals surface area contributed by atoms with E-state index in [4.69, 9.17) is 6.11 Å². The summed E-state index contributed by atoms with van der Waals surface area (Å²) in [5.41, 5.74) is 0. The number of benzene rings is 2. The number of aliphatic hydroxyl groups excluding tert-OH is 1. The average Bonchev–Trinajstić information content (AvgIpc) is 2.45. The average molecular weight is 298 g/mol. The maximum Gasteiger partial charge on any atom is 0.127 e. The minimum atomic E-state index is -0.549. The molecule has 0 saturated heterocycles. The summed E-state index contributed by atoms with van der Waals surface area (Å²) in [6, 6.07) is 12.0. The van der Waals surface area contributed by atoms with Crippen LogP contribution in [-0.4, -0.2) is 30.4 Å². The molecule has 0 aliphatic carbocycles. The third-order valence-corrected chi connectivity index (χ3v) is 2.86. The predicted molar refractivity (Wildman–Crippen MR) is 85.8 cm³/mol. The minimum absolute atomic E-state index is 0. The Labute approximate surface area is 127 Å². The van der Waals surface area contributed by atoms with Gasteiger partial charge in [0.25, 0.3) is 0 Å². The van der Waals surface area contributed by atoms with Crippen molar-refractivity contribution < 1.29 is 11.2 Å². The molecule has 0 aliphatic rings. The standard InChI is InChI=1S/C16H21NO2.ClH/c1-12(2)17-10-14(18)11-19-16-9-5-7-13-6-3-4-8-15(13)16;/h3-9,12,14,17-18H,10-11H2,1-2H3;1H/t14-;/m0./s1/i7T;. The van der Waals surface area contributed by atoms with Crippen LogP contribution in [0.4, 0.5) is 0 Å². The third-order valence-electron chi connectivity index (χ3n) is 2.86. The molecule has 0 unspecified atom stereocenters. The van der Waals surface area contributed by atoms with Gasteiger partial charge in [0.2, 0.25) is 0 Å². The summed E-state index contributed by atoms with van der Waals surface area (Å²) in [6.07, 6.45) is -0.549. The molecular formula is C16H22ClNO2. The van der Waals surface area contributed by atoms with Crippen LogP contribution < -0.4 is 10.1 Å². The van der Waals surface area contributed by atoms with Crippen molar-refractivity contribution in [1.29, 1.82) is 0 Å². The second-order valence-electron chi connectivity index (χ2n) is 4.92. The molecule has 2 aromatic carbocycles. The summed E-state index contributed by atoms with van der Waals surface area (Å²) in [6.45, 7) is 4.81. The van der Waals surface area contributed by atoms with E-state index in [9.17, 15) is 5.11 Å². The van der Waals surface area contributed by atoms with Crippen molar-refractivity contribution >= 4 is 23.2 Å². The highest BCUT2D eigenvalue weighted by molar-refractivity contribution is 5.88. The number of ether oxygens (including phenoxy) is 1. The van der Waals surface area contributed by atoms with Gasteiger partial charge in [0, 0.05) is 18.0 Å². The lowest BCUT2D eigenvalue weighted by atomic mass is 10.1. The third kappa shape index (κ3) is 4.67. The summed E-state index contributed by atoms with van der Waals surface area (Å²) in [5, 5.41) is 14.8. The van der Waals surface area contributed by atoms with Crippen LogP contribution >= 0.6 is 12.4 Å². The topological polar surface area (TPSA) is 41.5 Å². The van der Waals surface area contributed by atoms with Gasteiger partial charge in [-0.1, -0.05) is 50.2 Å². The fraction of sp³-hybridized carbons (Fsp3) is 0.375. The smallest absolute Gasteiger partial charge is 0.127 e. The van der Waals surface area contributed by atoms with Crippen LogP contribution in [-0.2, 0) is 0 Å². The lowest BCUT2D eigenvalue weighted by Crippen LogP contribution is -2.35. The van der Waals surface area contributed by atoms with Gasteiger partial charge in [0.1, 0.15) is 18.5 Å². The van der Waals surface area contributed by atoms with E-state index in [-0.39, 0.29) is 19.0 Å². The maximum atomic E-state index is 9.86. The van der Waals surface area contributed by atoms with Gasteiger partial charge >= 0.3 is 0 Å². The highest BCUT2D eigenvalue weighted by Crippen LogP contribution is 2.25. The fourth-order valence-electron chi connectivity index (χ4n) is 1.86. The van der Waals surface area contributed by atoms with E-state index >= 15 is 0 Å². The number of hydrogen-bond acceptors (Lipinski definition) is 3. The molecule has 0 spiro atoms. The Morgan fingerprint density at radius 2 is 2.00 bits per heavy atom. The monoisotopic (exact) mass is 297 g/mol. The minimum Gasteiger partial charge on any atom is -0.490 e. The van der Waals surface area contributed by atoms with Crippen LogP contribution in [0.15, 0.2) is 42.4 Å². The Hall–Kier alpha value is -1.29. The van der Waals surface area contributed by atoms with Crippen LogP contribution in [0.1, 0.15) is 15.2 Å². The van der Waals surface area contributed by atoms with E-state index in [2.05, 4.69) is 5.32 Å². The van der Waals surface area contributed by atoms with E-state index in [0.717, 1.165) is 10.8 Å². The van der Waals surface area contributed by atoms with Gasteiger partial charge < -0.3 is 15.2 Å². The van der Waals surface area contributed by atoms with Gasteiger partial charge in [-0.2, -0.15) is 0 Å². The highest BCUT2D eigenvalue weighted by atomic mass is 35.5. The molecule has 3 nitrogen and oxygen atoms in total. The number of fused-ring (bicyclic) bond motifs is 1. The number of nitrogens with one attached hydrogen (secondary N) is 1. The van der Waals surface area contributed by atoms with E-state index in [1.165, 1.54) is 0 Å². The Morgan fingerprint density at radius 1 is 1.25 bits per heavy atom. The molecule has 0 bridgehead atoms. The number of rotatable bonds is 6. The summed E-state index contributed by atoms with van der Waals surface area (Å²) in [5.74, 6) is 0.709. The molecule has 110 valence electrons. The van der Waals surface area contributed by atoms with Crippen molar-refractivity contribution in [1.82, 2.24) is 5.32 Å². The highest BCUT2D eigenvalue weighted by Gasteiger charge is 2.07. The second kappa shape index (κ2) is 8.10. The zero-order valence-electron chi connectivity index (χ0n) is 12.8. The summed E-state index contributed by atoms with van der Waals surface area (Å²) >= 11 is 0. The first-order chi connectivity index (χ1) is 9.58. The van der Waals surface area contributed by atoms with E-state index in [0.29, 0.717) is 24.4 Å². The largest absolute Gasteiger partial charge is 0.490 e. The Kier molecular flexibility index (Phi) is 6.12. The molecular weight excluding hydrogens is 274 g/mol. The second-order valence-corrected chi connectivity index (χ2v) is 4.92. The molecule has 0 saturated carbocycles. The molecule has 0 aromatic heterocycles. The van der Waals surface area contributed by atoms with Crippen LogP contribution in [0.25, 0.3) is 10.8 Å². The van der Waals surface area contributed by atoms with E-state index in [1.54, 1.807) is 12.1 Å². The summed E-state index contributed by atoms with van der Waals surface area (Å²) in [4.78, 5) is 0. The van der Waals surface area contributed by atoms with Gasteiger partial charge in [-0.25, -0.2) is 0 Å². The molecule has 2 N–H and O–H groups in total. The normalized spacial score (nSPS) is 12.9. The molecule has 0 amide bonds. The first-order valence-electron chi connectivity index (χ1n) is 7.10. The van der Waals surface area contributed by atoms with Gasteiger partial charge in [-0.3, -0.25) is 0 Å². The zero-order chi connectivity index (χ0) is 14.5. The number of halogens is 1. The Balaban J connectivity index is 0.00000220. The summed E-state index contributed by atoms with van der Waals surface area (Å²) < 4.78 is 13.6. The predicted octanol–water partition coefficient (Wildman–Crippen LogP) is 3.00. The molecule has 2 rings (SSSR count). The molecule has 2 aromatic rings. The maximum absolute atomic E-state index is 9.86. The van der Waals surface area contributed by atoms with Crippen molar-refractivity contribution in [2.45, 2.75) is 26.0 Å². The summed E-state index contributed by atoms with van der Waals surface area (Å²) in [7, 11) is 0. The van der Waals surface area contributed by atoms with Crippen LogP contribution in [0.5, 0.6) is 5.75 Å². The van der Waals surface area contributed by atoms with Gasteiger partial charge in [-0.05, 0) is 11.5 Å². The van der Waals surface area contributed by atoms with Gasteiger partial charge in [0.05, 0.1) is 1.37 Å². The molecule has 0 aliphatic heterocycles. The lowest BCUT2D eigenvalue weighted by molar-refractivity contribution is 0.105. The number of aliphatic hydroxyl groups is 1. The molecule has 1 atom stereocenters. The van der Waals surface area contributed by atoms with Crippen molar-refractivity contribution in [2.75, 3.05) is 13.2 Å². The molecule has 4 heteroatoms. The van der Waals surface area contributed by atoms with Gasteiger partial charge in [0.15, 0.2) is 0 Å². The first kappa shape index (κ1) is 15.1. The molecule has 0 radical (unpaired) electrons. The first-order valence-corrected chi connectivity index (χ1v) is 6.60. The quantitative estimate of drug-likeness (QED) is 0.861. The van der Waals surface area contributed by atoms with Crippen LogP contribution in [0, 0.1) is 0 Å². The van der Waals surface area contributed by atoms with Crippen LogP contribution in [0.3, 0.4) is 0 Å². The van der Waals surface area contributed by atoms with Gasteiger partial charge in [-0.15, -0.1) is 12.4 Å². The Bertz CT molecular complexity index is 577. The van der Waals surface area contributed by atoms with Crippen LogP contribution in [0.2, 0.25) is 0 Å². The Morgan fingerprint density at radius 3 is 2.75 bits per heavy atom. The van der Waals surface area contributed by atoms with Crippen molar-refractivity contribution in [3.63, 3.8) is 0 Å². The van der Waals surface area contributed by atoms with Crippen molar-refractivity contribution in [3.05, 3.63) is 42.4 Å². The van der Waals surface area contributed by atoms with E-state index in [1.807, 2.05) is 38.1 Å². The molecule has 0 fully saturated rings. The van der Waals surface area contributed by atoms with Crippen molar-refractivity contribution in [2.24, 2.45) is 0 Å². The molecule has 0 heterocycles. The van der Waals surface area contributed by atoms with E-state index < -0.39 is 6.10 Å². The number of hydrogen-bond donors (Lipinski definition) is 2. The van der Waals surface area contributed by atoms with Crippen molar-refractivity contribution in [3.8, 4) is 5.75 Å². The molecule has 20 heavy (non-hydrogen) atoms. The SMILES string of the molecule is Cl.[3H]c1ccc(OC[C@@H](O)CNC(C)C)c2ccccc12. The fourth-order valence-corrected chi connectivity index (χ4v) is 1.86. The lowest BCUT2D eigenvalue weighted by Gasteiger charge is -2.15. The zero-order valence-corrected chi connectivity index (χ0v) is 12.6.